The van der Waals surface area contributed by atoms with Gasteiger partial charge in [0.15, 0.2) is 22.4 Å². The Labute approximate surface area is 414 Å². The number of hydrogen-bond donors (Lipinski definition) is 4. The number of aromatic nitrogens is 1. The summed E-state index contributed by atoms with van der Waals surface area (Å²) in [6, 6.07) is 2.69. The Morgan fingerprint density at radius 2 is 1.62 bits per heavy atom. The Balaban J connectivity index is 1.53. The highest BCUT2D eigenvalue weighted by Gasteiger charge is 2.44. The average Bonchev–Trinajstić information content (AvgIpc) is 3.57. The average molecular weight is 987 g/mol. The monoisotopic (exact) mass is 987 g/mol. The first-order valence-corrected chi connectivity index (χ1v) is 24.1. The van der Waals surface area contributed by atoms with Gasteiger partial charge in [-0.2, -0.15) is 0 Å². The Morgan fingerprint density at radius 3 is 2.27 bits per heavy atom. The minimum atomic E-state index is -1.97. The molecular formula is C54H72N3O14+. The van der Waals surface area contributed by atoms with Gasteiger partial charge in [-0.15, -0.1) is 0 Å². The second-order valence-corrected chi connectivity index (χ2v) is 20.9. The molecule has 1 amide bonds. The molecule has 6 rings (SSSR count). The van der Waals surface area contributed by atoms with Gasteiger partial charge in [0.2, 0.25) is 10.9 Å². The number of quaternary nitrogens is 1. The van der Waals surface area contributed by atoms with E-state index in [1.165, 1.54) is 59.3 Å². The van der Waals surface area contributed by atoms with E-state index in [-0.39, 0.29) is 103 Å². The van der Waals surface area contributed by atoms with Crippen LogP contribution in [-0.4, -0.2) is 114 Å². The van der Waals surface area contributed by atoms with Crippen molar-refractivity contribution in [2.24, 2.45) is 29.6 Å². The molecule has 0 fully saturated rings. The molecule has 71 heavy (non-hydrogen) atoms. The van der Waals surface area contributed by atoms with Gasteiger partial charge in [-0.05, 0) is 58.4 Å². The highest BCUT2D eigenvalue weighted by Crippen LogP contribution is 2.42. The van der Waals surface area contributed by atoms with Crippen molar-refractivity contribution < 1.29 is 62.2 Å². The van der Waals surface area contributed by atoms with Crippen molar-refractivity contribution in [2.45, 2.75) is 113 Å². The predicted molar refractivity (Wildman–Crippen MR) is 271 cm³/mol. The number of carbonyl (C=O) groups is 2. The maximum Gasteiger partial charge on any atom is 0.307 e. The number of methoxy groups -OCH3 is 1. The summed E-state index contributed by atoms with van der Waals surface area (Å²) in [6.07, 6.45) is 5.60. The Morgan fingerprint density at radius 1 is 0.930 bits per heavy atom. The Hall–Kier alpha value is -6.01. The van der Waals surface area contributed by atoms with Crippen molar-refractivity contribution >= 4 is 56.3 Å². The first-order chi connectivity index (χ1) is 33.1. The predicted octanol–water partition coefficient (Wildman–Crippen LogP) is 7.11. The molecule has 2 aliphatic rings. The van der Waals surface area contributed by atoms with E-state index >= 15 is 0 Å². The highest BCUT2D eigenvalue weighted by atomic mass is 16.7. The summed E-state index contributed by atoms with van der Waals surface area (Å²) in [5.74, 6) is -5.66. The number of allylic oxidation sites excluding steroid dienone is 2. The number of anilines is 1. The molecule has 2 aliphatic heterocycles. The van der Waals surface area contributed by atoms with E-state index in [0.717, 1.165) is 11.0 Å². The van der Waals surface area contributed by atoms with E-state index in [2.05, 4.69) is 40.2 Å². The third kappa shape index (κ3) is 10.8. The summed E-state index contributed by atoms with van der Waals surface area (Å²) in [4.78, 5) is 60.1. The smallest absolute Gasteiger partial charge is 0.307 e. The zero-order valence-electron chi connectivity index (χ0n) is 43.7. The maximum atomic E-state index is 14.9. The van der Waals surface area contributed by atoms with Gasteiger partial charge in [-0.25, -0.2) is 4.98 Å². The number of likely N-dealkylation sites (N-methyl/N-ethyl adjacent to an activating group) is 1. The van der Waals surface area contributed by atoms with Gasteiger partial charge in [0.1, 0.15) is 47.7 Å². The summed E-state index contributed by atoms with van der Waals surface area (Å²) in [5, 5.41) is 37.8. The fourth-order valence-electron chi connectivity index (χ4n) is 9.11. The van der Waals surface area contributed by atoms with E-state index < -0.39 is 69.9 Å². The second-order valence-electron chi connectivity index (χ2n) is 20.9. The van der Waals surface area contributed by atoms with Crippen molar-refractivity contribution in [2.75, 3.05) is 52.9 Å². The molecule has 4 bridgehead atoms. The van der Waals surface area contributed by atoms with Crippen LogP contribution in [0.1, 0.15) is 81.7 Å². The number of amides is 1. The normalized spacial score (nSPS) is 27.5. The summed E-state index contributed by atoms with van der Waals surface area (Å²) in [7, 11) is 5.77. The minimum absolute atomic E-state index is 0.0174. The van der Waals surface area contributed by atoms with Crippen LogP contribution in [0.5, 0.6) is 17.2 Å². The number of phenolic OH excluding ortho intramolecular Hbond substituents is 1. The summed E-state index contributed by atoms with van der Waals surface area (Å²) >= 11 is 0. The molecule has 386 valence electrons. The SMILES string of the molecule is CO[C@H]1/C=C/O[C@@]2(C)Oc3c(C)c(O)c4c(=O)c(c5oc6cc(OCCOCC[N+](C)(C)C(C)(C)C)cc(=O)c6nc5c4c3=C2O)NC(=O)/C(C)=C\C=C\[C@H](C)[C@H](O)[C@@H](C)[C@@H](C)[C@@H](C)[C@H](OC(C)=O)[C@@H]1C. The van der Waals surface area contributed by atoms with E-state index in [0.29, 0.717) is 6.61 Å². The molecule has 17 nitrogen and oxygen atoms in total. The fraction of sp³-hybridized carbons (Fsp3) is 0.537. The topological polar surface area (TPSA) is 222 Å². The zero-order valence-corrected chi connectivity index (χ0v) is 43.7. The number of phenols is 1. The third-order valence-corrected chi connectivity index (χ3v) is 15.1. The van der Waals surface area contributed by atoms with Gasteiger partial charge in [0, 0.05) is 61.4 Å². The fourth-order valence-corrected chi connectivity index (χ4v) is 9.11. The van der Waals surface area contributed by atoms with Crippen LogP contribution in [-0.2, 0) is 28.5 Å². The van der Waals surface area contributed by atoms with Gasteiger partial charge < -0.3 is 58.0 Å². The number of aromatic hydroxyl groups is 1. The molecular weight excluding hydrogens is 915 g/mol. The van der Waals surface area contributed by atoms with Crippen molar-refractivity contribution in [3.05, 3.63) is 79.5 Å². The molecule has 17 heteroatoms. The largest absolute Gasteiger partial charge is 0.507 e. The van der Waals surface area contributed by atoms with Gasteiger partial charge in [-0.1, -0.05) is 52.8 Å². The summed E-state index contributed by atoms with van der Waals surface area (Å²) in [5.41, 5.74) is -2.35. The number of ether oxygens (including phenoxy) is 6. The molecule has 0 spiro atoms. The molecule has 3 aromatic carbocycles. The van der Waals surface area contributed by atoms with Crippen LogP contribution in [0, 0.1) is 36.5 Å². The van der Waals surface area contributed by atoms with Crippen molar-refractivity contribution in [3.63, 3.8) is 0 Å². The first-order valence-electron chi connectivity index (χ1n) is 24.1. The van der Waals surface area contributed by atoms with Gasteiger partial charge >= 0.3 is 11.8 Å². The lowest BCUT2D eigenvalue weighted by atomic mass is 9.73. The van der Waals surface area contributed by atoms with Gasteiger partial charge in [0.25, 0.3) is 5.91 Å². The first kappa shape index (κ1) is 54.3. The van der Waals surface area contributed by atoms with Crippen LogP contribution >= 0.6 is 0 Å². The lowest BCUT2D eigenvalue weighted by Crippen LogP contribution is -2.55. The van der Waals surface area contributed by atoms with Crippen molar-refractivity contribution in [1.29, 1.82) is 0 Å². The second kappa shape index (κ2) is 21.0. The summed E-state index contributed by atoms with van der Waals surface area (Å²) < 4.78 is 43.2. The molecule has 0 radical (unpaired) electrons. The standard InChI is InChI=1S/C54H71N3O14/c1-27-17-16-18-28(2)52(64)56-44-47(62)40-39(43-50(44)70-38-26-35(25-36(59)42(38)55-43)67-24-23-66-22-20-57(13,14)53(9,10)11)41-49(33(7)46(40)61)71-54(12,51(41)63)68-21-19-37(65-15)32(6)48(69-34(8)58)31(5)29(3)30(4)45(27)60/h16-19,21,25-27,29-32,37,45,48,60H,20,22-24H2,1-15H3,(H2-,55,56,59,61,62,63,64)/p+1/b17-16+,21-19+,28-18-/t27-,29+,30-,31+,32+,37-,45-,48-,54-/m0/s1. The zero-order chi connectivity index (χ0) is 52.7. The van der Waals surface area contributed by atoms with Crippen LogP contribution in [0.3, 0.4) is 0 Å². The number of esters is 1. The highest BCUT2D eigenvalue weighted by molar-refractivity contribution is 6.16. The van der Waals surface area contributed by atoms with E-state index in [1.807, 2.05) is 34.6 Å². The van der Waals surface area contributed by atoms with E-state index in [4.69, 9.17) is 37.8 Å². The van der Waals surface area contributed by atoms with Crippen molar-refractivity contribution in [3.8, 4) is 17.2 Å². The quantitative estimate of drug-likeness (QED) is 0.0432. The molecule has 0 saturated heterocycles. The van der Waals surface area contributed by atoms with Gasteiger partial charge in [-0.3, -0.25) is 19.2 Å². The lowest BCUT2D eigenvalue weighted by molar-refractivity contribution is -0.935. The molecule has 4 N–H and O–H groups in total. The number of benzene rings is 3. The number of aliphatic hydroxyl groups excluding tert-OH is 2. The Kier molecular flexibility index (Phi) is 16.1. The molecule has 1 aromatic heterocycles. The van der Waals surface area contributed by atoms with Crippen LogP contribution in [0.2, 0.25) is 0 Å². The van der Waals surface area contributed by atoms with Crippen molar-refractivity contribution in [1.82, 2.24) is 4.98 Å². The van der Waals surface area contributed by atoms with Crippen LogP contribution in [0.4, 0.5) is 5.69 Å². The Bertz CT molecular complexity index is 2970. The number of aliphatic hydroxyl groups is 2. The van der Waals surface area contributed by atoms with Crippen LogP contribution in [0.25, 0.3) is 38.7 Å². The lowest BCUT2D eigenvalue weighted by Gasteiger charge is -2.42. The minimum Gasteiger partial charge on any atom is -0.507 e. The van der Waals surface area contributed by atoms with E-state index in [9.17, 15) is 34.5 Å². The van der Waals surface area contributed by atoms with Crippen LogP contribution in [0.15, 0.2) is 62.3 Å². The number of nitrogens with zero attached hydrogens (tertiary/aromatic N) is 2. The maximum absolute atomic E-state index is 14.9. The third-order valence-electron chi connectivity index (χ3n) is 15.1. The molecule has 9 atom stereocenters. The number of hydrogen-bond acceptors (Lipinski definition) is 15. The number of carbonyl (C=O) groups excluding carboxylic acids is 2. The molecule has 0 saturated carbocycles. The molecule has 4 aromatic rings. The van der Waals surface area contributed by atoms with E-state index in [1.54, 1.807) is 18.2 Å². The number of fused-ring (bicyclic) bond motifs is 2. The summed E-state index contributed by atoms with van der Waals surface area (Å²) in [6.45, 7) is 23.5. The number of rotatable bonds is 9. The molecule has 3 heterocycles. The molecule has 0 unspecified atom stereocenters. The molecule has 0 aliphatic carbocycles. The van der Waals surface area contributed by atoms with Gasteiger partial charge in [0.05, 0.1) is 61.9 Å². The van der Waals surface area contributed by atoms with Crippen LogP contribution < -0.4 is 30.9 Å². The number of nitrogens with one attached hydrogen (secondary N) is 1.